The van der Waals surface area contributed by atoms with Crippen molar-refractivity contribution in [2.45, 2.75) is 19.9 Å². The van der Waals surface area contributed by atoms with E-state index in [9.17, 15) is 9.59 Å². The summed E-state index contributed by atoms with van der Waals surface area (Å²) in [5, 5.41) is 20.3. The monoisotopic (exact) mass is 260 g/mol. The molecule has 0 aliphatic carbocycles. The quantitative estimate of drug-likeness (QED) is 0.806. The zero-order chi connectivity index (χ0) is 13.8. The lowest BCUT2D eigenvalue weighted by Gasteiger charge is -1.98. The summed E-state index contributed by atoms with van der Waals surface area (Å²) in [6.45, 7) is 1.64. The Bertz CT molecular complexity index is 621. The second kappa shape index (κ2) is 5.38. The second-order valence-corrected chi connectivity index (χ2v) is 3.99. The Labute approximate surface area is 108 Å². The molecule has 0 atom stereocenters. The zero-order valence-electron chi connectivity index (χ0n) is 10.3. The van der Waals surface area contributed by atoms with Crippen molar-refractivity contribution in [1.29, 1.82) is 0 Å². The van der Waals surface area contributed by atoms with Gasteiger partial charge in [-0.05, 0) is 18.2 Å². The van der Waals surface area contributed by atoms with Gasteiger partial charge in [-0.25, -0.2) is 0 Å². The van der Waals surface area contributed by atoms with Crippen LogP contribution in [0.2, 0.25) is 0 Å². The van der Waals surface area contributed by atoms with E-state index in [1.54, 1.807) is 24.3 Å². The van der Waals surface area contributed by atoms with Gasteiger partial charge in [-0.15, -0.1) is 10.2 Å². The largest absolute Gasteiger partial charge is 0.481 e. The fraction of sp³-hybridized carbons (Fsp3) is 0.250. The summed E-state index contributed by atoms with van der Waals surface area (Å²) < 4.78 is 0. The number of aliphatic carboxylic acids is 1. The molecule has 1 aromatic carbocycles. The minimum absolute atomic E-state index is 0.0416. The third-order valence-electron chi connectivity index (χ3n) is 2.51. The molecule has 0 saturated carbocycles. The number of aryl methyl sites for hydroxylation is 1. The molecule has 1 N–H and O–H groups in total. The molecule has 2 aromatic rings. The van der Waals surface area contributed by atoms with Gasteiger partial charge in [-0.2, -0.15) is 4.80 Å². The number of rotatable bonds is 5. The van der Waals surface area contributed by atoms with Gasteiger partial charge in [-0.3, -0.25) is 9.59 Å². The Balaban J connectivity index is 2.20. The molecule has 1 heterocycles. The molecule has 1 aromatic heterocycles. The topological polar surface area (TPSA) is 98.0 Å². The van der Waals surface area contributed by atoms with Crippen LogP contribution in [0.25, 0.3) is 11.4 Å². The summed E-state index contributed by atoms with van der Waals surface area (Å²) >= 11 is 0. The van der Waals surface area contributed by atoms with Gasteiger partial charge in [0, 0.05) is 11.1 Å². The molecule has 0 spiro atoms. The molecule has 0 amide bonds. The van der Waals surface area contributed by atoms with Crippen LogP contribution >= 0.6 is 0 Å². The fourth-order valence-corrected chi connectivity index (χ4v) is 1.53. The first kappa shape index (κ1) is 12.9. The van der Waals surface area contributed by atoms with Crippen LogP contribution in [0.1, 0.15) is 23.7 Å². The molecule has 0 fully saturated rings. The number of tetrazole rings is 1. The van der Waals surface area contributed by atoms with Gasteiger partial charge in [-0.1, -0.05) is 18.2 Å². The van der Waals surface area contributed by atoms with Crippen LogP contribution in [0.15, 0.2) is 24.3 Å². The summed E-state index contributed by atoms with van der Waals surface area (Å²) in [5.41, 5.74) is 1.24. The van der Waals surface area contributed by atoms with E-state index in [-0.39, 0.29) is 18.7 Å². The lowest BCUT2D eigenvalue weighted by Crippen LogP contribution is -2.07. The molecule has 0 aliphatic rings. The molecule has 19 heavy (non-hydrogen) atoms. The number of nitrogens with zero attached hydrogens (tertiary/aromatic N) is 4. The Kier molecular flexibility index (Phi) is 3.65. The van der Waals surface area contributed by atoms with E-state index in [1.165, 1.54) is 11.7 Å². The van der Waals surface area contributed by atoms with Crippen molar-refractivity contribution in [3.05, 3.63) is 29.8 Å². The molecule has 0 unspecified atom stereocenters. The number of Topliss-reactive ketones (excluding diaryl/α,β-unsaturated/α-hetero) is 1. The smallest absolute Gasteiger partial charge is 0.305 e. The van der Waals surface area contributed by atoms with Crippen LogP contribution in [-0.4, -0.2) is 37.1 Å². The number of carbonyl (C=O) groups excluding carboxylic acids is 1. The minimum Gasteiger partial charge on any atom is -0.481 e. The van der Waals surface area contributed by atoms with Crippen LogP contribution in [0.3, 0.4) is 0 Å². The Hall–Kier alpha value is -2.57. The molecule has 0 bridgehead atoms. The summed E-state index contributed by atoms with van der Waals surface area (Å²) in [6, 6.07) is 6.90. The van der Waals surface area contributed by atoms with Crippen molar-refractivity contribution < 1.29 is 14.7 Å². The summed E-state index contributed by atoms with van der Waals surface area (Å²) in [6.07, 6.45) is -0.0662. The number of aromatic nitrogens is 4. The predicted octanol–water partition coefficient (Wildman–Crippen LogP) is 1.02. The van der Waals surface area contributed by atoms with E-state index in [4.69, 9.17) is 5.11 Å². The van der Waals surface area contributed by atoms with Crippen molar-refractivity contribution in [2.75, 3.05) is 0 Å². The molecule has 2 rings (SSSR count). The normalized spacial score (nSPS) is 10.4. The molecule has 7 heteroatoms. The highest BCUT2D eigenvalue weighted by atomic mass is 16.4. The first-order valence-corrected chi connectivity index (χ1v) is 5.67. The van der Waals surface area contributed by atoms with Crippen LogP contribution < -0.4 is 0 Å². The average molecular weight is 260 g/mol. The van der Waals surface area contributed by atoms with E-state index in [2.05, 4.69) is 15.4 Å². The Morgan fingerprint density at radius 3 is 2.84 bits per heavy atom. The van der Waals surface area contributed by atoms with E-state index in [0.717, 1.165) is 0 Å². The van der Waals surface area contributed by atoms with E-state index in [1.807, 2.05) is 0 Å². The third kappa shape index (κ3) is 3.21. The minimum atomic E-state index is -0.919. The van der Waals surface area contributed by atoms with Gasteiger partial charge >= 0.3 is 5.97 Å². The number of carbonyl (C=O) groups is 2. The maximum absolute atomic E-state index is 11.3. The van der Waals surface area contributed by atoms with Gasteiger partial charge in [0.1, 0.15) is 0 Å². The fourth-order valence-electron chi connectivity index (χ4n) is 1.53. The maximum atomic E-state index is 11.3. The van der Waals surface area contributed by atoms with Gasteiger partial charge in [0.25, 0.3) is 0 Å². The Morgan fingerprint density at radius 1 is 1.37 bits per heavy atom. The SMILES string of the molecule is CC(=O)c1cccc(-c2nnn(CCC(=O)O)n2)c1. The van der Waals surface area contributed by atoms with Crippen LogP contribution in [0.5, 0.6) is 0 Å². The lowest BCUT2D eigenvalue weighted by molar-refractivity contribution is -0.137. The molecule has 0 saturated heterocycles. The molecule has 0 radical (unpaired) electrons. The molecular weight excluding hydrogens is 248 g/mol. The third-order valence-corrected chi connectivity index (χ3v) is 2.51. The Morgan fingerprint density at radius 2 is 2.16 bits per heavy atom. The van der Waals surface area contributed by atoms with E-state index < -0.39 is 5.97 Å². The van der Waals surface area contributed by atoms with Crippen LogP contribution in [0, 0.1) is 0 Å². The highest BCUT2D eigenvalue weighted by Crippen LogP contribution is 2.15. The van der Waals surface area contributed by atoms with Crippen molar-refractivity contribution in [3.8, 4) is 11.4 Å². The summed E-state index contributed by atoms with van der Waals surface area (Å²) in [7, 11) is 0. The number of carboxylic acid groups (broad SMARTS) is 1. The number of benzene rings is 1. The highest BCUT2D eigenvalue weighted by Gasteiger charge is 2.08. The van der Waals surface area contributed by atoms with Gasteiger partial charge in [0.2, 0.25) is 5.82 Å². The average Bonchev–Trinajstić information content (AvgIpc) is 2.85. The first-order chi connectivity index (χ1) is 9.06. The molecule has 0 aliphatic heterocycles. The maximum Gasteiger partial charge on any atom is 0.305 e. The molecule has 7 nitrogen and oxygen atoms in total. The lowest BCUT2D eigenvalue weighted by atomic mass is 10.1. The second-order valence-electron chi connectivity index (χ2n) is 3.99. The number of hydrogen-bond acceptors (Lipinski definition) is 5. The number of ketones is 1. The summed E-state index contributed by atoms with van der Waals surface area (Å²) in [4.78, 5) is 23.0. The van der Waals surface area contributed by atoms with Crippen LogP contribution in [-0.2, 0) is 11.3 Å². The van der Waals surface area contributed by atoms with E-state index >= 15 is 0 Å². The van der Waals surface area contributed by atoms with Crippen molar-refractivity contribution in [1.82, 2.24) is 20.2 Å². The number of carboxylic acids is 1. The van der Waals surface area contributed by atoms with Gasteiger partial charge in [0.15, 0.2) is 5.78 Å². The summed E-state index contributed by atoms with van der Waals surface area (Å²) in [5.74, 6) is -0.592. The van der Waals surface area contributed by atoms with Crippen molar-refractivity contribution in [3.63, 3.8) is 0 Å². The van der Waals surface area contributed by atoms with Crippen molar-refractivity contribution in [2.24, 2.45) is 0 Å². The molecule has 98 valence electrons. The first-order valence-electron chi connectivity index (χ1n) is 5.67. The highest BCUT2D eigenvalue weighted by molar-refractivity contribution is 5.95. The zero-order valence-corrected chi connectivity index (χ0v) is 10.3. The van der Waals surface area contributed by atoms with Crippen LogP contribution in [0.4, 0.5) is 0 Å². The van der Waals surface area contributed by atoms with Crippen molar-refractivity contribution >= 4 is 11.8 Å². The number of hydrogen-bond donors (Lipinski definition) is 1. The predicted molar refractivity (Wildman–Crippen MR) is 65.5 cm³/mol. The molecular formula is C12H12N4O3. The van der Waals surface area contributed by atoms with Gasteiger partial charge in [0.05, 0.1) is 13.0 Å². The standard InChI is InChI=1S/C12H12N4O3/c1-8(17)9-3-2-4-10(7-9)12-13-15-16(14-12)6-5-11(18)19/h2-4,7H,5-6H2,1H3,(H,18,19). The van der Waals surface area contributed by atoms with Gasteiger partial charge < -0.3 is 5.11 Å². The van der Waals surface area contributed by atoms with E-state index in [0.29, 0.717) is 17.0 Å².